The van der Waals surface area contributed by atoms with Crippen molar-refractivity contribution in [2.45, 2.75) is 38.7 Å². The maximum atomic E-state index is 12.8. The highest BCUT2D eigenvalue weighted by Crippen LogP contribution is 2.32. The molecule has 2 heterocycles. The normalized spacial score (nSPS) is 28.2. The van der Waals surface area contributed by atoms with E-state index in [1.54, 1.807) is 0 Å². The molecule has 2 aliphatic heterocycles. The number of nitrogens with zero attached hydrogens (tertiary/aromatic N) is 2. The number of halogens is 1. The molecule has 0 N–H and O–H groups in total. The second-order valence-electron chi connectivity index (χ2n) is 6.52. The van der Waals surface area contributed by atoms with Crippen molar-refractivity contribution in [3.05, 3.63) is 34.9 Å². The fourth-order valence-corrected chi connectivity index (χ4v) is 3.45. The van der Waals surface area contributed by atoms with Crippen LogP contribution in [0.2, 0.25) is 5.02 Å². The summed E-state index contributed by atoms with van der Waals surface area (Å²) >= 11 is 6.21. The van der Waals surface area contributed by atoms with Crippen LogP contribution in [-0.2, 0) is 9.63 Å². The summed E-state index contributed by atoms with van der Waals surface area (Å²) in [6, 6.07) is 7.52. The van der Waals surface area contributed by atoms with Crippen molar-refractivity contribution in [1.82, 2.24) is 4.90 Å². The van der Waals surface area contributed by atoms with Crippen LogP contribution in [0, 0.1) is 5.92 Å². The lowest BCUT2D eigenvalue weighted by Crippen LogP contribution is -2.50. The fourth-order valence-electron chi connectivity index (χ4n) is 3.20. The van der Waals surface area contributed by atoms with Crippen LogP contribution in [0.5, 0.6) is 0 Å². The molecule has 1 aromatic rings. The molecule has 0 saturated carbocycles. The van der Waals surface area contributed by atoms with E-state index in [9.17, 15) is 4.79 Å². The Hall–Kier alpha value is -1.55. The highest BCUT2D eigenvalue weighted by atomic mass is 35.5. The first-order valence-corrected chi connectivity index (χ1v) is 8.17. The number of carbonyl (C=O) groups excluding carboxylic acids is 1. The van der Waals surface area contributed by atoms with Crippen LogP contribution in [0.25, 0.3) is 0 Å². The SMILES string of the molecule is CC1CCCN(C(=O)C2(C)CC(c3ccccc3Cl)=NO2)C1. The Morgan fingerprint density at radius 3 is 2.95 bits per heavy atom. The lowest BCUT2D eigenvalue weighted by molar-refractivity contribution is -0.155. The molecule has 1 amide bonds. The number of oxime groups is 1. The largest absolute Gasteiger partial charge is 0.379 e. The molecule has 1 fully saturated rings. The average molecular weight is 321 g/mol. The van der Waals surface area contributed by atoms with E-state index in [-0.39, 0.29) is 5.91 Å². The van der Waals surface area contributed by atoms with Gasteiger partial charge in [0.1, 0.15) is 0 Å². The van der Waals surface area contributed by atoms with Crippen molar-refractivity contribution in [2.75, 3.05) is 13.1 Å². The number of benzene rings is 1. The smallest absolute Gasteiger partial charge is 0.269 e. The third-order valence-electron chi connectivity index (χ3n) is 4.44. The number of hydrogen-bond donors (Lipinski definition) is 0. The number of rotatable bonds is 2. The van der Waals surface area contributed by atoms with Gasteiger partial charge in [-0.3, -0.25) is 4.79 Å². The Kier molecular flexibility index (Phi) is 4.13. The third kappa shape index (κ3) is 2.84. The maximum absolute atomic E-state index is 12.8. The van der Waals surface area contributed by atoms with Crippen LogP contribution >= 0.6 is 11.6 Å². The standard InChI is InChI=1S/C17H21ClN2O2/c1-12-6-5-9-20(11-12)16(21)17(2)10-15(19-22-17)13-7-3-4-8-14(13)18/h3-4,7-8,12H,5-6,9-11H2,1-2H3. The van der Waals surface area contributed by atoms with Crippen LogP contribution < -0.4 is 0 Å². The molecule has 2 aliphatic rings. The fraction of sp³-hybridized carbons (Fsp3) is 0.529. The predicted molar refractivity (Wildman–Crippen MR) is 87.1 cm³/mol. The van der Waals surface area contributed by atoms with Crippen LogP contribution in [-0.4, -0.2) is 35.2 Å². The minimum absolute atomic E-state index is 0.0323. The molecule has 0 aromatic heterocycles. The molecule has 2 atom stereocenters. The van der Waals surface area contributed by atoms with Crippen LogP contribution in [0.15, 0.2) is 29.4 Å². The van der Waals surface area contributed by atoms with Crippen molar-refractivity contribution in [3.8, 4) is 0 Å². The molecule has 0 spiro atoms. The molecule has 5 heteroatoms. The van der Waals surface area contributed by atoms with E-state index >= 15 is 0 Å². The Balaban J connectivity index is 1.74. The van der Waals surface area contributed by atoms with Gasteiger partial charge >= 0.3 is 0 Å². The van der Waals surface area contributed by atoms with Crippen LogP contribution in [0.3, 0.4) is 0 Å². The van der Waals surface area contributed by atoms with Gasteiger partial charge in [0.25, 0.3) is 5.91 Å². The molecule has 3 rings (SSSR count). The monoisotopic (exact) mass is 320 g/mol. The third-order valence-corrected chi connectivity index (χ3v) is 4.77. The molecule has 2 unspecified atom stereocenters. The summed E-state index contributed by atoms with van der Waals surface area (Å²) < 4.78 is 0. The number of hydrogen-bond acceptors (Lipinski definition) is 3. The zero-order valence-electron chi connectivity index (χ0n) is 13.0. The lowest BCUT2D eigenvalue weighted by Gasteiger charge is -2.35. The van der Waals surface area contributed by atoms with Gasteiger partial charge in [-0.2, -0.15) is 0 Å². The van der Waals surface area contributed by atoms with E-state index in [4.69, 9.17) is 16.4 Å². The Bertz CT molecular complexity index is 616. The van der Waals surface area contributed by atoms with Gasteiger partial charge in [0.05, 0.1) is 5.71 Å². The molecule has 1 saturated heterocycles. The maximum Gasteiger partial charge on any atom is 0.269 e. The minimum atomic E-state index is -0.911. The van der Waals surface area contributed by atoms with Crippen molar-refractivity contribution >= 4 is 23.2 Å². The molecule has 22 heavy (non-hydrogen) atoms. The highest BCUT2D eigenvalue weighted by molar-refractivity contribution is 6.34. The predicted octanol–water partition coefficient (Wildman–Crippen LogP) is 3.48. The molecular formula is C17H21ClN2O2. The van der Waals surface area contributed by atoms with E-state index in [1.807, 2.05) is 36.1 Å². The van der Waals surface area contributed by atoms with Gasteiger partial charge in [0.2, 0.25) is 5.60 Å². The average Bonchev–Trinajstić information content (AvgIpc) is 2.90. The number of likely N-dealkylation sites (tertiary alicyclic amines) is 1. The van der Waals surface area contributed by atoms with Crippen LogP contribution in [0.4, 0.5) is 0 Å². The van der Waals surface area contributed by atoms with Crippen molar-refractivity contribution < 1.29 is 9.63 Å². The first kappa shape index (κ1) is 15.3. The summed E-state index contributed by atoms with van der Waals surface area (Å²) in [5.41, 5.74) is 0.671. The first-order valence-electron chi connectivity index (χ1n) is 7.79. The summed E-state index contributed by atoms with van der Waals surface area (Å²) in [4.78, 5) is 20.3. The highest BCUT2D eigenvalue weighted by Gasteiger charge is 2.45. The van der Waals surface area contributed by atoms with E-state index < -0.39 is 5.60 Å². The molecular weight excluding hydrogens is 300 g/mol. The van der Waals surface area contributed by atoms with Crippen molar-refractivity contribution in [2.24, 2.45) is 11.1 Å². The van der Waals surface area contributed by atoms with Gasteiger partial charge < -0.3 is 9.74 Å². The van der Waals surface area contributed by atoms with Gasteiger partial charge in [0.15, 0.2) is 0 Å². The zero-order chi connectivity index (χ0) is 15.7. The first-order chi connectivity index (χ1) is 10.5. The van der Waals surface area contributed by atoms with E-state index in [1.165, 1.54) is 6.42 Å². The molecule has 0 bridgehead atoms. The zero-order valence-corrected chi connectivity index (χ0v) is 13.8. The molecule has 0 aliphatic carbocycles. The van der Waals surface area contributed by atoms with Gasteiger partial charge in [-0.1, -0.05) is 41.9 Å². The van der Waals surface area contributed by atoms with Gasteiger partial charge in [0, 0.05) is 30.1 Å². The number of piperidine rings is 1. The summed E-state index contributed by atoms with van der Waals surface area (Å²) in [5.74, 6) is 0.580. The summed E-state index contributed by atoms with van der Waals surface area (Å²) in [6.45, 7) is 5.62. The second kappa shape index (κ2) is 5.92. The molecule has 4 nitrogen and oxygen atoms in total. The van der Waals surface area contributed by atoms with Gasteiger partial charge in [-0.15, -0.1) is 0 Å². The lowest BCUT2D eigenvalue weighted by atomic mass is 9.92. The second-order valence-corrected chi connectivity index (χ2v) is 6.92. The Morgan fingerprint density at radius 2 is 2.23 bits per heavy atom. The Morgan fingerprint density at radius 1 is 1.45 bits per heavy atom. The number of carbonyl (C=O) groups is 1. The minimum Gasteiger partial charge on any atom is -0.379 e. The number of amides is 1. The van der Waals surface area contributed by atoms with E-state index in [0.29, 0.717) is 17.4 Å². The topological polar surface area (TPSA) is 41.9 Å². The van der Waals surface area contributed by atoms with E-state index in [2.05, 4.69) is 12.1 Å². The van der Waals surface area contributed by atoms with Crippen molar-refractivity contribution in [3.63, 3.8) is 0 Å². The van der Waals surface area contributed by atoms with E-state index in [0.717, 1.165) is 30.8 Å². The van der Waals surface area contributed by atoms with Crippen LogP contribution in [0.1, 0.15) is 38.7 Å². The molecule has 1 aromatic carbocycles. The summed E-state index contributed by atoms with van der Waals surface area (Å²) in [6.07, 6.45) is 2.70. The summed E-state index contributed by atoms with van der Waals surface area (Å²) in [5, 5.41) is 4.77. The van der Waals surface area contributed by atoms with Gasteiger partial charge in [-0.25, -0.2) is 0 Å². The van der Waals surface area contributed by atoms with Crippen molar-refractivity contribution in [1.29, 1.82) is 0 Å². The quantitative estimate of drug-likeness (QED) is 0.837. The molecule has 118 valence electrons. The Labute approximate surface area is 136 Å². The molecule has 0 radical (unpaired) electrons. The summed E-state index contributed by atoms with van der Waals surface area (Å²) in [7, 11) is 0. The van der Waals surface area contributed by atoms with Gasteiger partial charge in [-0.05, 0) is 31.7 Å².